The summed E-state index contributed by atoms with van der Waals surface area (Å²) in [4.78, 5) is 6.04. The summed E-state index contributed by atoms with van der Waals surface area (Å²) < 4.78 is 10.6. The Hall–Kier alpha value is -2.02. The fourth-order valence-corrected chi connectivity index (χ4v) is 6.11. The third-order valence-electron chi connectivity index (χ3n) is 7.46. The van der Waals surface area contributed by atoms with E-state index >= 15 is 0 Å². The van der Waals surface area contributed by atoms with Gasteiger partial charge in [-0.25, -0.2) is 0 Å². The van der Waals surface area contributed by atoms with Crippen LogP contribution in [0.1, 0.15) is 29.5 Å². The molecule has 170 valence electrons. The first kappa shape index (κ1) is 21.8. The van der Waals surface area contributed by atoms with Crippen molar-refractivity contribution in [3.63, 3.8) is 0 Å². The van der Waals surface area contributed by atoms with Crippen LogP contribution in [0.2, 0.25) is 0 Å². The van der Waals surface area contributed by atoms with Crippen LogP contribution in [-0.2, 0) is 20.7 Å². The van der Waals surface area contributed by atoms with Crippen molar-refractivity contribution < 1.29 is 19.4 Å². The smallest absolute Gasteiger partial charge is 0.167 e. The average Bonchev–Trinajstić information content (AvgIpc) is 3.17. The first-order chi connectivity index (χ1) is 15.6. The van der Waals surface area contributed by atoms with Gasteiger partial charge in [-0.3, -0.25) is 4.84 Å². The van der Waals surface area contributed by atoms with E-state index in [1.165, 1.54) is 22.3 Å². The molecule has 0 radical (unpaired) electrons. The number of hydroxylamine groups is 2. The quantitative estimate of drug-likeness (QED) is 0.528. The third-order valence-corrected chi connectivity index (χ3v) is 7.46. The van der Waals surface area contributed by atoms with Crippen LogP contribution in [0.25, 0.3) is 5.57 Å². The van der Waals surface area contributed by atoms with Crippen LogP contribution in [0.5, 0.6) is 0 Å². The van der Waals surface area contributed by atoms with Gasteiger partial charge in [-0.2, -0.15) is 5.06 Å². The van der Waals surface area contributed by atoms with Crippen molar-refractivity contribution in [2.24, 2.45) is 17.8 Å². The van der Waals surface area contributed by atoms with Gasteiger partial charge < -0.3 is 14.6 Å². The summed E-state index contributed by atoms with van der Waals surface area (Å²) in [6.07, 6.45) is 3.40. The van der Waals surface area contributed by atoms with Crippen LogP contribution < -0.4 is 0 Å². The van der Waals surface area contributed by atoms with Crippen molar-refractivity contribution in [2.75, 3.05) is 40.2 Å². The molecule has 5 nitrogen and oxygen atoms in total. The molecular weight excluding hydrogens is 402 g/mol. The van der Waals surface area contributed by atoms with Crippen LogP contribution in [0, 0.1) is 17.8 Å². The minimum Gasteiger partial charge on any atom is -0.388 e. The number of methoxy groups -OCH3 is 1. The molecule has 2 aliphatic heterocycles. The molecule has 2 bridgehead atoms. The van der Waals surface area contributed by atoms with Crippen LogP contribution in [-0.4, -0.2) is 56.0 Å². The molecule has 0 saturated carbocycles. The molecule has 32 heavy (non-hydrogen) atoms. The van der Waals surface area contributed by atoms with E-state index < -0.39 is 5.60 Å². The minimum absolute atomic E-state index is 0.0483. The number of nitrogens with zero attached hydrogens (tertiary/aromatic N) is 1. The normalized spacial score (nSPS) is 31.5. The Morgan fingerprint density at radius 1 is 1.06 bits per heavy atom. The van der Waals surface area contributed by atoms with Gasteiger partial charge in [0.1, 0.15) is 0 Å². The lowest BCUT2D eigenvalue weighted by molar-refractivity contribution is -0.255. The Labute approximate surface area is 190 Å². The molecule has 1 N–H and O–H groups in total. The maximum absolute atomic E-state index is 11.7. The van der Waals surface area contributed by atoms with E-state index in [2.05, 4.69) is 60.7 Å². The average molecular weight is 436 g/mol. The zero-order valence-electron chi connectivity index (χ0n) is 18.9. The van der Waals surface area contributed by atoms with Crippen molar-refractivity contribution in [1.29, 1.82) is 0 Å². The molecule has 2 aliphatic carbocycles. The highest BCUT2D eigenvalue weighted by Gasteiger charge is 2.53. The van der Waals surface area contributed by atoms with E-state index in [9.17, 15) is 5.11 Å². The fourth-order valence-electron chi connectivity index (χ4n) is 6.11. The molecule has 5 unspecified atom stereocenters. The summed E-state index contributed by atoms with van der Waals surface area (Å²) in [5.74, 6) is 1.10. The zero-order chi connectivity index (χ0) is 22.1. The van der Waals surface area contributed by atoms with E-state index in [1.54, 1.807) is 7.11 Å². The molecule has 1 saturated heterocycles. The fraction of sp³-hybridized carbons (Fsp3) is 0.481. The standard InChI is InChI=1S/C27H33NO4/c1-27(29)17-28(32-18-31-13-12-30-2)16-24-22(19-8-4-3-5-9-19)15-25(27)23-14-20-10-6-7-11-21(20)26(23)24/h3-11,15,23-26,29H,12-14,16-18H2,1-2H3. The molecule has 0 amide bonds. The van der Waals surface area contributed by atoms with Crippen molar-refractivity contribution in [1.82, 2.24) is 5.06 Å². The summed E-state index contributed by atoms with van der Waals surface area (Å²) in [6, 6.07) is 19.5. The van der Waals surface area contributed by atoms with Gasteiger partial charge in [0, 0.05) is 25.5 Å². The van der Waals surface area contributed by atoms with E-state index in [1.807, 2.05) is 12.0 Å². The monoisotopic (exact) mass is 435 g/mol. The largest absolute Gasteiger partial charge is 0.388 e. The van der Waals surface area contributed by atoms with Gasteiger partial charge in [-0.05, 0) is 47.4 Å². The topological polar surface area (TPSA) is 51.2 Å². The molecule has 2 aromatic rings. The highest BCUT2D eigenvalue weighted by atomic mass is 16.8. The number of benzene rings is 2. The summed E-state index contributed by atoms with van der Waals surface area (Å²) >= 11 is 0. The number of hydrogen-bond acceptors (Lipinski definition) is 5. The molecular formula is C27H33NO4. The summed E-state index contributed by atoms with van der Waals surface area (Å²) in [5, 5.41) is 13.7. The Bertz CT molecular complexity index is 957. The summed E-state index contributed by atoms with van der Waals surface area (Å²) in [5.41, 5.74) is 4.50. The van der Waals surface area contributed by atoms with E-state index in [0.717, 1.165) is 6.42 Å². The van der Waals surface area contributed by atoms with E-state index in [-0.39, 0.29) is 18.6 Å². The van der Waals surface area contributed by atoms with E-state index in [4.69, 9.17) is 14.3 Å². The molecule has 4 aliphatic rings. The second-order valence-electron chi connectivity index (χ2n) is 9.54. The van der Waals surface area contributed by atoms with Gasteiger partial charge in [0.2, 0.25) is 0 Å². The van der Waals surface area contributed by atoms with Crippen LogP contribution in [0.4, 0.5) is 0 Å². The van der Waals surface area contributed by atoms with Gasteiger partial charge in [0.25, 0.3) is 0 Å². The summed E-state index contributed by atoms with van der Waals surface area (Å²) in [6.45, 7) is 4.32. The Morgan fingerprint density at radius 2 is 1.84 bits per heavy atom. The number of hydrogen-bond donors (Lipinski definition) is 1. The number of aliphatic hydroxyl groups is 1. The maximum atomic E-state index is 11.7. The molecule has 2 aromatic carbocycles. The SMILES string of the molecule is COCCOCON1CC2C(c3ccccc3)=CC(C3Cc4ccccc4C23)C(C)(O)C1. The molecule has 5 atom stereocenters. The molecule has 0 spiro atoms. The van der Waals surface area contributed by atoms with Crippen LogP contribution in [0.15, 0.2) is 60.7 Å². The van der Waals surface area contributed by atoms with Gasteiger partial charge in [0.05, 0.1) is 25.4 Å². The lowest BCUT2D eigenvalue weighted by Crippen LogP contribution is -2.55. The van der Waals surface area contributed by atoms with Crippen LogP contribution in [0.3, 0.4) is 0 Å². The van der Waals surface area contributed by atoms with Crippen LogP contribution >= 0.6 is 0 Å². The Morgan fingerprint density at radius 3 is 2.66 bits per heavy atom. The second-order valence-corrected chi connectivity index (χ2v) is 9.54. The van der Waals surface area contributed by atoms with Crippen molar-refractivity contribution in [2.45, 2.75) is 24.9 Å². The molecule has 2 heterocycles. The Kier molecular flexibility index (Phi) is 6.19. The second kappa shape index (κ2) is 9.08. The zero-order valence-corrected chi connectivity index (χ0v) is 18.9. The molecule has 6 rings (SSSR count). The minimum atomic E-state index is -0.914. The third kappa shape index (κ3) is 4.04. The van der Waals surface area contributed by atoms with Gasteiger partial charge in [-0.15, -0.1) is 0 Å². The van der Waals surface area contributed by atoms with Gasteiger partial charge in [0.15, 0.2) is 6.79 Å². The predicted molar refractivity (Wildman–Crippen MR) is 124 cm³/mol. The van der Waals surface area contributed by atoms with Crippen molar-refractivity contribution in [3.8, 4) is 0 Å². The van der Waals surface area contributed by atoms with E-state index in [0.29, 0.717) is 38.1 Å². The lowest BCUT2D eigenvalue weighted by atomic mass is 9.61. The van der Waals surface area contributed by atoms with Crippen molar-refractivity contribution in [3.05, 3.63) is 77.4 Å². The van der Waals surface area contributed by atoms with Gasteiger partial charge in [-0.1, -0.05) is 60.7 Å². The highest BCUT2D eigenvalue weighted by Crippen LogP contribution is 2.57. The Balaban J connectivity index is 1.51. The number of rotatable bonds is 7. The first-order valence-electron chi connectivity index (χ1n) is 11.6. The molecule has 1 fully saturated rings. The van der Waals surface area contributed by atoms with Crippen molar-refractivity contribution >= 4 is 5.57 Å². The molecule has 0 aromatic heterocycles. The molecule has 5 heteroatoms. The number of ether oxygens (including phenoxy) is 2. The maximum Gasteiger partial charge on any atom is 0.167 e. The predicted octanol–water partition coefficient (Wildman–Crippen LogP) is 3.89. The first-order valence-corrected chi connectivity index (χ1v) is 11.6. The highest BCUT2D eigenvalue weighted by molar-refractivity contribution is 5.71. The summed E-state index contributed by atoms with van der Waals surface area (Å²) in [7, 11) is 1.66. The number of fused-ring (bicyclic) bond motifs is 4. The lowest BCUT2D eigenvalue weighted by Gasteiger charge is -2.50. The van der Waals surface area contributed by atoms with Gasteiger partial charge >= 0.3 is 0 Å².